The zero-order valence-electron chi connectivity index (χ0n) is 17.1. The van der Waals surface area contributed by atoms with Crippen molar-refractivity contribution in [3.05, 3.63) is 76.3 Å². The van der Waals surface area contributed by atoms with Gasteiger partial charge < -0.3 is 10.2 Å². The number of benzene rings is 2. The molecule has 1 amide bonds. The van der Waals surface area contributed by atoms with Crippen LogP contribution in [0.25, 0.3) is 11.3 Å². The van der Waals surface area contributed by atoms with E-state index in [1.54, 1.807) is 0 Å². The van der Waals surface area contributed by atoms with Crippen molar-refractivity contribution < 1.29 is 4.79 Å². The van der Waals surface area contributed by atoms with Crippen LogP contribution in [0.1, 0.15) is 18.4 Å². The minimum atomic E-state index is -0.0447. The number of anilines is 1. The van der Waals surface area contributed by atoms with Crippen LogP contribution in [0.15, 0.2) is 60.7 Å². The van der Waals surface area contributed by atoms with Gasteiger partial charge in [0.1, 0.15) is 0 Å². The van der Waals surface area contributed by atoms with Gasteiger partial charge in [0.15, 0.2) is 5.82 Å². The minimum Gasteiger partial charge on any atom is -0.355 e. The molecule has 1 saturated heterocycles. The van der Waals surface area contributed by atoms with Gasteiger partial charge in [-0.05, 0) is 61.2 Å². The summed E-state index contributed by atoms with van der Waals surface area (Å²) in [6.07, 6.45) is 2.63. The number of carbonyl (C=O) groups excluding carboxylic acids is 1. The van der Waals surface area contributed by atoms with Crippen LogP contribution < -0.4 is 10.2 Å². The number of nitrogens with zero attached hydrogens (tertiary/aromatic N) is 3. The van der Waals surface area contributed by atoms with E-state index >= 15 is 0 Å². The molecule has 31 heavy (non-hydrogen) atoms. The van der Waals surface area contributed by atoms with Crippen molar-refractivity contribution in [2.75, 3.05) is 24.5 Å². The lowest BCUT2D eigenvalue weighted by molar-refractivity contribution is -0.125. The van der Waals surface area contributed by atoms with Gasteiger partial charge in [0.05, 0.1) is 11.6 Å². The summed E-state index contributed by atoms with van der Waals surface area (Å²) < 4.78 is 0. The van der Waals surface area contributed by atoms with E-state index in [0.717, 1.165) is 53.5 Å². The highest BCUT2D eigenvalue weighted by molar-refractivity contribution is 6.30. The first-order valence-electron chi connectivity index (χ1n) is 10.5. The third-order valence-electron chi connectivity index (χ3n) is 5.53. The zero-order chi connectivity index (χ0) is 21.6. The van der Waals surface area contributed by atoms with E-state index in [1.165, 1.54) is 0 Å². The Bertz CT molecular complexity index is 1010. The highest BCUT2D eigenvalue weighted by Gasteiger charge is 2.26. The third kappa shape index (κ3) is 5.75. The topological polar surface area (TPSA) is 58.1 Å². The fourth-order valence-electron chi connectivity index (χ4n) is 3.79. The van der Waals surface area contributed by atoms with Crippen molar-refractivity contribution in [1.82, 2.24) is 15.5 Å². The van der Waals surface area contributed by atoms with E-state index in [-0.39, 0.29) is 11.8 Å². The summed E-state index contributed by atoms with van der Waals surface area (Å²) in [6.45, 7) is 2.15. The molecule has 160 valence electrons. The summed E-state index contributed by atoms with van der Waals surface area (Å²) in [5, 5.41) is 13.3. The van der Waals surface area contributed by atoms with Crippen LogP contribution in [0.3, 0.4) is 0 Å². The molecule has 1 aliphatic heterocycles. The molecular weight excluding hydrogens is 431 g/mol. The number of hydrogen-bond donors (Lipinski definition) is 1. The molecule has 0 bridgehead atoms. The first-order chi connectivity index (χ1) is 15.1. The van der Waals surface area contributed by atoms with E-state index in [0.29, 0.717) is 18.1 Å². The van der Waals surface area contributed by atoms with Gasteiger partial charge >= 0.3 is 0 Å². The molecular formula is C24H24Cl2N4O. The predicted octanol–water partition coefficient (Wildman–Crippen LogP) is 5.03. The normalized spacial score (nSPS) is 16.2. The molecule has 5 nitrogen and oxygen atoms in total. The summed E-state index contributed by atoms with van der Waals surface area (Å²) in [7, 11) is 0. The summed E-state index contributed by atoms with van der Waals surface area (Å²) in [6, 6.07) is 19.2. The van der Waals surface area contributed by atoms with Crippen molar-refractivity contribution >= 4 is 34.9 Å². The second-order valence-corrected chi connectivity index (χ2v) is 8.61. The van der Waals surface area contributed by atoms with E-state index in [2.05, 4.69) is 20.4 Å². The molecule has 1 unspecified atom stereocenters. The quantitative estimate of drug-likeness (QED) is 0.567. The maximum atomic E-state index is 12.7. The standard InChI is InChI=1S/C24H24Cl2N4O/c25-20-7-3-17(4-8-20)13-14-27-24(31)19-2-1-15-30(16-19)23-12-11-22(28-29-23)18-5-9-21(26)10-6-18/h3-12,19H,1-2,13-16H2,(H,27,31). The lowest BCUT2D eigenvalue weighted by Gasteiger charge is -2.32. The number of hydrogen-bond acceptors (Lipinski definition) is 4. The smallest absolute Gasteiger partial charge is 0.224 e. The van der Waals surface area contributed by atoms with Crippen molar-refractivity contribution in [3.63, 3.8) is 0 Å². The second kappa shape index (κ2) is 10.1. The molecule has 1 atom stereocenters. The molecule has 2 aromatic carbocycles. The zero-order valence-corrected chi connectivity index (χ0v) is 18.6. The van der Waals surface area contributed by atoms with Gasteiger partial charge in [0.2, 0.25) is 5.91 Å². The Morgan fingerprint density at radius 2 is 1.68 bits per heavy atom. The maximum absolute atomic E-state index is 12.7. The molecule has 2 heterocycles. The average molecular weight is 455 g/mol. The summed E-state index contributed by atoms with van der Waals surface area (Å²) >= 11 is 11.9. The molecule has 3 aromatic rings. The van der Waals surface area contributed by atoms with Crippen LogP contribution in [0.2, 0.25) is 10.0 Å². The number of aromatic nitrogens is 2. The largest absolute Gasteiger partial charge is 0.355 e. The Labute approximate surface area is 192 Å². The molecule has 1 aromatic heterocycles. The average Bonchev–Trinajstić information content (AvgIpc) is 2.81. The van der Waals surface area contributed by atoms with Crippen LogP contribution in [-0.2, 0) is 11.2 Å². The third-order valence-corrected chi connectivity index (χ3v) is 6.04. The molecule has 0 radical (unpaired) electrons. The minimum absolute atomic E-state index is 0.0447. The van der Waals surface area contributed by atoms with Gasteiger partial charge in [-0.3, -0.25) is 4.79 Å². The van der Waals surface area contributed by atoms with Crippen molar-refractivity contribution in [2.45, 2.75) is 19.3 Å². The van der Waals surface area contributed by atoms with E-state index in [9.17, 15) is 4.79 Å². The van der Waals surface area contributed by atoms with Gasteiger partial charge in [-0.1, -0.05) is 47.5 Å². The number of rotatable bonds is 6. The number of piperidine rings is 1. The van der Waals surface area contributed by atoms with Crippen LogP contribution in [0, 0.1) is 5.92 Å². The van der Waals surface area contributed by atoms with Gasteiger partial charge in [0, 0.05) is 35.2 Å². The maximum Gasteiger partial charge on any atom is 0.224 e. The SMILES string of the molecule is O=C(NCCc1ccc(Cl)cc1)C1CCCN(c2ccc(-c3ccc(Cl)cc3)nn2)C1. The van der Waals surface area contributed by atoms with Crippen molar-refractivity contribution in [1.29, 1.82) is 0 Å². The fraction of sp³-hybridized carbons (Fsp3) is 0.292. The first kappa shape index (κ1) is 21.6. The Balaban J connectivity index is 1.31. The molecule has 1 N–H and O–H groups in total. The van der Waals surface area contributed by atoms with Crippen LogP contribution in [0.5, 0.6) is 0 Å². The Hall–Kier alpha value is -2.63. The number of carbonyl (C=O) groups is 1. The Morgan fingerprint density at radius 3 is 2.35 bits per heavy atom. The van der Waals surface area contributed by atoms with Crippen LogP contribution in [0.4, 0.5) is 5.82 Å². The van der Waals surface area contributed by atoms with Gasteiger partial charge in [-0.15, -0.1) is 10.2 Å². The number of halogens is 2. The van der Waals surface area contributed by atoms with Crippen molar-refractivity contribution in [3.8, 4) is 11.3 Å². The summed E-state index contributed by atoms with van der Waals surface area (Å²) in [5.74, 6) is 0.859. The van der Waals surface area contributed by atoms with Gasteiger partial charge in [-0.25, -0.2) is 0 Å². The molecule has 1 fully saturated rings. The molecule has 4 rings (SSSR count). The lowest BCUT2D eigenvalue weighted by atomic mass is 9.97. The van der Waals surface area contributed by atoms with Gasteiger partial charge in [0.25, 0.3) is 0 Å². The highest BCUT2D eigenvalue weighted by Crippen LogP contribution is 2.24. The monoisotopic (exact) mass is 454 g/mol. The molecule has 0 saturated carbocycles. The predicted molar refractivity (Wildman–Crippen MR) is 126 cm³/mol. The van der Waals surface area contributed by atoms with Crippen LogP contribution >= 0.6 is 23.2 Å². The van der Waals surface area contributed by atoms with Crippen LogP contribution in [-0.4, -0.2) is 35.7 Å². The van der Waals surface area contributed by atoms with Gasteiger partial charge in [-0.2, -0.15) is 0 Å². The lowest BCUT2D eigenvalue weighted by Crippen LogP contribution is -2.43. The summed E-state index contributed by atoms with van der Waals surface area (Å²) in [5.41, 5.74) is 2.93. The van der Waals surface area contributed by atoms with E-state index in [1.807, 2.05) is 60.7 Å². The summed E-state index contributed by atoms with van der Waals surface area (Å²) in [4.78, 5) is 14.8. The molecule has 1 aliphatic rings. The number of nitrogens with one attached hydrogen (secondary N) is 1. The molecule has 0 aliphatic carbocycles. The molecule has 0 spiro atoms. The second-order valence-electron chi connectivity index (χ2n) is 7.74. The van der Waals surface area contributed by atoms with E-state index in [4.69, 9.17) is 23.2 Å². The fourth-order valence-corrected chi connectivity index (χ4v) is 4.05. The van der Waals surface area contributed by atoms with E-state index < -0.39 is 0 Å². The Kier molecular flexibility index (Phi) is 7.05. The van der Waals surface area contributed by atoms with Crippen molar-refractivity contribution in [2.24, 2.45) is 5.92 Å². The number of amides is 1. The first-order valence-corrected chi connectivity index (χ1v) is 11.2. The highest BCUT2D eigenvalue weighted by atomic mass is 35.5. The molecule has 7 heteroatoms. The Morgan fingerprint density at radius 1 is 0.968 bits per heavy atom.